The van der Waals surface area contributed by atoms with Crippen LogP contribution in [0.2, 0.25) is 0 Å². The summed E-state index contributed by atoms with van der Waals surface area (Å²) in [4.78, 5) is 23.7. The van der Waals surface area contributed by atoms with E-state index < -0.39 is 35.8 Å². The lowest BCUT2D eigenvalue weighted by molar-refractivity contribution is -0.124. The van der Waals surface area contributed by atoms with Crippen LogP contribution in [0.5, 0.6) is 5.75 Å². The number of methoxy groups -OCH3 is 1. The smallest absolute Gasteiger partial charge is 0.412 e. The molecule has 2 rings (SSSR count). The summed E-state index contributed by atoms with van der Waals surface area (Å²) in [6.45, 7) is -0.0591. The highest BCUT2D eigenvalue weighted by atomic mass is 19.1. The van der Waals surface area contributed by atoms with E-state index in [4.69, 9.17) is 24.5 Å². The zero-order valence-corrected chi connectivity index (χ0v) is 17.7. The van der Waals surface area contributed by atoms with Crippen LogP contribution < -0.4 is 15.5 Å². The maximum Gasteiger partial charge on any atom is 0.412 e. The molecule has 0 aliphatic rings. The van der Waals surface area contributed by atoms with Gasteiger partial charge in [0.05, 0.1) is 12.3 Å². The first-order valence-corrected chi connectivity index (χ1v) is 9.77. The van der Waals surface area contributed by atoms with Crippen molar-refractivity contribution in [2.45, 2.75) is 18.6 Å². The molecule has 33 heavy (non-hydrogen) atoms. The molecule has 0 saturated carbocycles. The number of hydrogen-bond donors (Lipinski definition) is 4. The molecular weight excluding hydrogens is 442 g/mol. The third kappa shape index (κ3) is 8.15. The molecule has 2 aromatic rings. The normalized spacial score (nSPS) is 12.8. The molecule has 0 aromatic heterocycles. The maximum absolute atomic E-state index is 13.9. The highest BCUT2D eigenvalue weighted by Crippen LogP contribution is 2.28. The Labute approximate surface area is 188 Å². The van der Waals surface area contributed by atoms with Crippen LogP contribution in [0.1, 0.15) is 18.1 Å². The Balaban J connectivity index is 2.23. The van der Waals surface area contributed by atoms with E-state index in [2.05, 4.69) is 5.32 Å². The number of aliphatic hydroxyl groups excluding tert-OH is 1. The van der Waals surface area contributed by atoms with Crippen LogP contribution >= 0.6 is 0 Å². The Morgan fingerprint density at radius 3 is 2.48 bits per heavy atom. The Kier molecular flexibility index (Phi) is 10.2. The Morgan fingerprint density at radius 1 is 1.15 bits per heavy atom. The van der Waals surface area contributed by atoms with Gasteiger partial charge in [0.1, 0.15) is 30.1 Å². The minimum Gasteiger partial charge on any atom is -0.491 e. The summed E-state index contributed by atoms with van der Waals surface area (Å²) < 4.78 is 43.2. The number of nitrogens with one attached hydrogen (secondary N) is 2. The topological polar surface area (TPSA) is 126 Å². The highest BCUT2D eigenvalue weighted by Gasteiger charge is 2.27. The van der Waals surface area contributed by atoms with Gasteiger partial charge in [-0.25, -0.2) is 19.1 Å². The number of hydroxylamine groups is 1. The van der Waals surface area contributed by atoms with Gasteiger partial charge in [-0.1, -0.05) is 18.2 Å². The second kappa shape index (κ2) is 13.1. The van der Waals surface area contributed by atoms with Crippen molar-refractivity contribution in [3.63, 3.8) is 0 Å². The quantitative estimate of drug-likeness (QED) is 0.228. The molecule has 0 aliphatic heterocycles. The number of ether oxygens (including phenoxy) is 3. The van der Waals surface area contributed by atoms with E-state index in [1.165, 1.54) is 18.7 Å². The predicted molar refractivity (Wildman–Crippen MR) is 113 cm³/mol. The summed E-state index contributed by atoms with van der Waals surface area (Å²) in [6, 6.07) is 9.07. The number of halogens is 2. The molecular formula is C22H24F2N2O7. The molecule has 2 aromatic carbocycles. The average molecular weight is 466 g/mol. The molecule has 4 N–H and O–H groups in total. The zero-order valence-electron chi connectivity index (χ0n) is 17.7. The molecule has 0 unspecified atom stereocenters. The van der Waals surface area contributed by atoms with Gasteiger partial charge >= 0.3 is 6.09 Å². The molecule has 0 saturated heterocycles. The fourth-order valence-corrected chi connectivity index (χ4v) is 2.81. The first kappa shape index (κ1) is 25.7. The third-order valence-corrected chi connectivity index (χ3v) is 4.36. The van der Waals surface area contributed by atoms with Crippen molar-refractivity contribution in [1.82, 2.24) is 5.48 Å². The number of carbonyl (C=O) groups excluding carboxylic acids is 2. The molecule has 2 atom stereocenters. The monoisotopic (exact) mass is 466 g/mol. The van der Waals surface area contributed by atoms with Gasteiger partial charge in [0.25, 0.3) is 5.91 Å². The van der Waals surface area contributed by atoms with Gasteiger partial charge in [-0.2, -0.15) is 0 Å². The first-order chi connectivity index (χ1) is 15.9. The number of aliphatic hydroxyl groups is 1. The largest absolute Gasteiger partial charge is 0.491 e. The van der Waals surface area contributed by atoms with Gasteiger partial charge in [-0.15, -0.1) is 0 Å². The number of rotatable bonds is 11. The third-order valence-electron chi connectivity index (χ3n) is 4.36. The molecule has 0 radical (unpaired) electrons. The van der Waals surface area contributed by atoms with Gasteiger partial charge in [0, 0.05) is 19.3 Å². The van der Waals surface area contributed by atoms with Crippen molar-refractivity contribution in [2.75, 3.05) is 25.6 Å². The molecule has 0 aliphatic carbocycles. The van der Waals surface area contributed by atoms with Crippen LogP contribution in [0, 0.1) is 11.6 Å². The Bertz CT molecular complexity index is 954. The number of benzene rings is 2. The minimum absolute atomic E-state index is 0.101. The Morgan fingerprint density at radius 2 is 1.88 bits per heavy atom. The van der Waals surface area contributed by atoms with Crippen LogP contribution in [0.4, 0.5) is 19.3 Å². The van der Waals surface area contributed by atoms with Gasteiger partial charge < -0.3 is 19.3 Å². The van der Waals surface area contributed by atoms with Crippen molar-refractivity contribution in [2.24, 2.45) is 0 Å². The molecule has 178 valence electrons. The number of anilines is 1. The lowest BCUT2D eigenvalue weighted by atomic mass is 10.0. The number of hydrogen-bond acceptors (Lipinski definition) is 7. The molecule has 0 spiro atoms. The molecule has 0 fully saturated rings. The first-order valence-electron chi connectivity index (χ1n) is 9.77. The number of amides is 2. The van der Waals surface area contributed by atoms with Crippen LogP contribution in [0.25, 0.3) is 0 Å². The highest BCUT2D eigenvalue weighted by molar-refractivity contribution is 5.86. The molecule has 2 amide bonds. The standard InChI is InChI=1S/C22H24F2N2O7/c1-31-19(3-2-4-20(28)26-30)21(14-5-8-16(9-6-14)32-12-11-27)33-22(29)25-18-10-7-15(23)13-17(18)24/h2,4-10,13,19,21,27,30H,3,11-12H2,1H3,(H,25,29)(H,26,28)/b4-2+/t19-,21-/m0/s1. The molecule has 0 bridgehead atoms. The molecule has 0 heterocycles. The van der Waals surface area contributed by atoms with Gasteiger partial charge in [0.2, 0.25) is 0 Å². The summed E-state index contributed by atoms with van der Waals surface area (Å²) in [7, 11) is 1.37. The number of carbonyl (C=O) groups is 2. The molecule has 9 nitrogen and oxygen atoms in total. The van der Waals surface area contributed by atoms with E-state index in [0.717, 1.165) is 18.2 Å². The van der Waals surface area contributed by atoms with E-state index in [-0.39, 0.29) is 25.3 Å². The summed E-state index contributed by atoms with van der Waals surface area (Å²) in [5.41, 5.74) is 1.67. The van der Waals surface area contributed by atoms with Crippen molar-refractivity contribution in [1.29, 1.82) is 0 Å². The molecule has 11 heteroatoms. The minimum atomic E-state index is -1.02. The fraction of sp³-hybridized carbons (Fsp3) is 0.273. The van der Waals surface area contributed by atoms with Crippen LogP contribution in [0.3, 0.4) is 0 Å². The van der Waals surface area contributed by atoms with Gasteiger partial charge in [-0.3, -0.25) is 15.3 Å². The van der Waals surface area contributed by atoms with Crippen molar-refractivity contribution < 1.29 is 42.9 Å². The second-order valence-corrected chi connectivity index (χ2v) is 6.60. The van der Waals surface area contributed by atoms with Crippen molar-refractivity contribution in [3.8, 4) is 5.75 Å². The van der Waals surface area contributed by atoms with Crippen molar-refractivity contribution >= 4 is 17.7 Å². The van der Waals surface area contributed by atoms with Crippen LogP contribution in [-0.4, -0.2) is 48.7 Å². The van der Waals surface area contributed by atoms with Gasteiger partial charge in [-0.05, 0) is 36.2 Å². The van der Waals surface area contributed by atoms with Crippen molar-refractivity contribution in [3.05, 3.63) is 71.8 Å². The van der Waals surface area contributed by atoms with Crippen LogP contribution in [0.15, 0.2) is 54.6 Å². The lowest BCUT2D eigenvalue weighted by Gasteiger charge is -2.26. The second-order valence-electron chi connectivity index (χ2n) is 6.60. The van der Waals surface area contributed by atoms with E-state index in [1.807, 2.05) is 0 Å². The predicted octanol–water partition coefficient (Wildman–Crippen LogP) is 3.09. The average Bonchev–Trinajstić information content (AvgIpc) is 2.81. The SMILES string of the molecule is CO[C@@H](C/C=C/C(=O)NO)[C@@H](OC(=O)Nc1ccc(F)cc1F)c1ccc(OCCO)cc1. The fourth-order valence-electron chi connectivity index (χ4n) is 2.81. The van der Waals surface area contributed by atoms with E-state index in [9.17, 15) is 18.4 Å². The van der Waals surface area contributed by atoms with E-state index >= 15 is 0 Å². The maximum atomic E-state index is 13.9. The summed E-state index contributed by atoms with van der Waals surface area (Å²) in [5.74, 6) is -2.06. The summed E-state index contributed by atoms with van der Waals surface area (Å²) in [6.07, 6.45) is -0.219. The van der Waals surface area contributed by atoms with Gasteiger partial charge in [0.15, 0.2) is 6.10 Å². The summed E-state index contributed by atoms with van der Waals surface area (Å²) >= 11 is 0. The van der Waals surface area contributed by atoms with Crippen LogP contribution in [-0.2, 0) is 14.3 Å². The Hall–Kier alpha value is -3.54. The lowest BCUT2D eigenvalue weighted by Crippen LogP contribution is -2.28. The van der Waals surface area contributed by atoms with E-state index in [0.29, 0.717) is 17.4 Å². The zero-order chi connectivity index (χ0) is 24.2. The van der Waals surface area contributed by atoms with E-state index in [1.54, 1.807) is 24.3 Å². The summed E-state index contributed by atoms with van der Waals surface area (Å²) in [5, 5.41) is 19.7.